The predicted octanol–water partition coefficient (Wildman–Crippen LogP) is 11.1. The van der Waals surface area contributed by atoms with Gasteiger partial charge in [-0.25, -0.2) is 9.97 Å². The van der Waals surface area contributed by atoms with Crippen LogP contribution in [0.1, 0.15) is 0 Å². The third-order valence-corrected chi connectivity index (χ3v) is 10.2. The van der Waals surface area contributed by atoms with E-state index in [2.05, 4.69) is 144 Å². The molecule has 44 heavy (non-hydrogen) atoms. The van der Waals surface area contributed by atoms with Crippen LogP contribution in [-0.2, 0) is 0 Å². The lowest BCUT2D eigenvalue weighted by Gasteiger charge is -2.13. The monoisotopic (exact) mass is 577 g/mol. The number of nitrogens with zero attached hydrogens (tertiary/aromatic N) is 3. The van der Waals surface area contributed by atoms with E-state index in [0.29, 0.717) is 5.95 Å². The van der Waals surface area contributed by atoms with Crippen molar-refractivity contribution >= 4 is 85.8 Å². The van der Waals surface area contributed by atoms with Gasteiger partial charge in [0, 0.05) is 47.3 Å². The van der Waals surface area contributed by atoms with Crippen molar-refractivity contribution < 1.29 is 0 Å². The lowest BCUT2D eigenvalue weighted by atomic mass is 9.99. The highest BCUT2D eigenvalue weighted by Crippen LogP contribution is 2.42. The molecule has 10 aromatic rings. The quantitative estimate of drug-likeness (QED) is 0.205. The van der Waals surface area contributed by atoms with E-state index >= 15 is 0 Å². The molecule has 3 aromatic heterocycles. The van der Waals surface area contributed by atoms with Crippen molar-refractivity contribution in [3.63, 3.8) is 0 Å². The third-order valence-electron chi connectivity index (χ3n) is 8.99. The second-order valence-electron chi connectivity index (χ2n) is 11.4. The van der Waals surface area contributed by atoms with Gasteiger partial charge in [-0.3, -0.25) is 4.57 Å². The first-order valence-electron chi connectivity index (χ1n) is 14.8. The molecule has 0 aliphatic carbocycles. The van der Waals surface area contributed by atoms with Gasteiger partial charge >= 0.3 is 0 Å². The second-order valence-corrected chi connectivity index (χ2v) is 12.5. The first-order valence-corrected chi connectivity index (χ1v) is 15.7. The van der Waals surface area contributed by atoms with Crippen LogP contribution in [0.15, 0.2) is 140 Å². The summed E-state index contributed by atoms with van der Waals surface area (Å²) in [5.74, 6) is 0.681. The van der Waals surface area contributed by atoms with Gasteiger partial charge in [-0.15, -0.1) is 11.3 Å². The molecule has 4 heteroatoms. The number of aromatic nitrogens is 3. The predicted molar refractivity (Wildman–Crippen MR) is 187 cm³/mol. The van der Waals surface area contributed by atoms with Gasteiger partial charge in [0.05, 0.1) is 22.2 Å². The van der Waals surface area contributed by atoms with E-state index in [4.69, 9.17) is 9.97 Å². The number of benzene rings is 7. The van der Waals surface area contributed by atoms with E-state index in [0.717, 1.165) is 33.2 Å². The van der Waals surface area contributed by atoms with Crippen LogP contribution in [0, 0.1) is 0 Å². The zero-order chi connectivity index (χ0) is 28.8. The molecular weight excluding hydrogens is 555 g/mol. The molecular formula is C40H23N3S. The Hall–Kier alpha value is -5.58. The number of rotatable bonds is 2. The Balaban J connectivity index is 1.32. The molecule has 0 N–H and O–H groups in total. The maximum atomic E-state index is 5.38. The van der Waals surface area contributed by atoms with Crippen LogP contribution >= 0.6 is 11.3 Å². The Morgan fingerprint density at radius 3 is 2.14 bits per heavy atom. The number of para-hydroxylation sites is 2. The molecule has 3 heterocycles. The summed E-state index contributed by atoms with van der Waals surface area (Å²) >= 11 is 1.88. The summed E-state index contributed by atoms with van der Waals surface area (Å²) in [7, 11) is 0. The average Bonchev–Trinajstić information content (AvgIpc) is 3.62. The third kappa shape index (κ3) is 3.31. The highest BCUT2D eigenvalue weighted by molar-refractivity contribution is 7.26. The Morgan fingerprint density at radius 2 is 1.20 bits per heavy atom. The number of hydrogen-bond donors (Lipinski definition) is 0. The van der Waals surface area contributed by atoms with E-state index in [1.165, 1.54) is 52.5 Å². The van der Waals surface area contributed by atoms with E-state index in [-0.39, 0.29) is 0 Å². The fourth-order valence-electron chi connectivity index (χ4n) is 6.99. The smallest absolute Gasteiger partial charge is 0.235 e. The first-order chi connectivity index (χ1) is 21.8. The molecule has 0 aliphatic rings. The summed E-state index contributed by atoms with van der Waals surface area (Å²) in [5, 5.41) is 11.0. The van der Waals surface area contributed by atoms with Crippen molar-refractivity contribution in [2.45, 2.75) is 0 Å². The Bertz CT molecular complexity index is 2780. The van der Waals surface area contributed by atoms with Crippen LogP contribution in [0.25, 0.3) is 91.6 Å². The van der Waals surface area contributed by atoms with E-state index in [9.17, 15) is 0 Å². The van der Waals surface area contributed by atoms with Crippen molar-refractivity contribution in [2.75, 3.05) is 0 Å². The van der Waals surface area contributed by atoms with Gasteiger partial charge in [-0.05, 0) is 46.5 Å². The van der Waals surface area contributed by atoms with Gasteiger partial charge in [0.25, 0.3) is 0 Å². The van der Waals surface area contributed by atoms with Crippen molar-refractivity contribution in [3.05, 3.63) is 140 Å². The lowest BCUT2D eigenvalue weighted by Crippen LogP contribution is -2.03. The number of thiophene rings is 1. The summed E-state index contributed by atoms with van der Waals surface area (Å²) in [6.45, 7) is 0. The normalized spacial score (nSPS) is 12.1. The van der Waals surface area contributed by atoms with Crippen LogP contribution in [0.4, 0.5) is 0 Å². The maximum Gasteiger partial charge on any atom is 0.235 e. The van der Waals surface area contributed by atoms with Crippen molar-refractivity contribution in [3.8, 4) is 17.2 Å². The Labute approximate surface area is 256 Å². The van der Waals surface area contributed by atoms with Crippen LogP contribution < -0.4 is 0 Å². The van der Waals surface area contributed by atoms with Crippen molar-refractivity contribution in [1.29, 1.82) is 0 Å². The average molecular weight is 578 g/mol. The SMILES string of the molecule is c1ccc2c(-c3nc(-n4c5ccccc5c5cc6c(ccc7c8ccccc8sc67)cc54)nc4ccccc34)cccc2c1. The van der Waals surface area contributed by atoms with E-state index < -0.39 is 0 Å². The largest absolute Gasteiger partial charge is 0.278 e. The fourth-order valence-corrected chi connectivity index (χ4v) is 8.22. The summed E-state index contributed by atoms with van der Waals surface area (Å²) in [6, 6.07) is 49.9. The molecule has 0 saturated carbocycles. The summed E-state index contributed by atoms with van der Waals surface area (Å²) in [6.07, 6.45) is 0. The van der Waals surface area contributed by atoms with Gasteiger partial charge in [0.1, 0.15) is 0 Å². The standard InChI is InChI=1S/C40H23N3S/c1-2-12-26-24(10-1)11-9-16-29(26)38-31-15-3-6-17-34(31)41-40(42-38)43-35-18-7-4-13-27(35)33-23-32-25(22-36(33)43)20-21-30-28-14-5-8-19-37(28)44-39(30)32/h1-23H. The molecule has 0 fully saturated rings. The molecule has 0 atom stereocenters. The molecule has 204 valence electrons. The minimum Gasteiger partial charge on any atom is -0.278 e. The minimum absolute atomic E-state index is 0.681. The molecule has 0 radical (unpaired) electrons. The molecule has 7 aromatic carbocycles. The summed E-state index contributed by atoms with van der Waals surface area (Å²) in [4.78, 5) is 10.6. The van der Waals surface area contributed by atoms with Gasteiger partial charge in [-0.1, -0.05) is 109 Å². The first kappa shape index (κ1) is 23.9. The minimum atomic E-state index is 0.681. The summed E-state index contributed by atoms with van der Waals surface area (Å²) in [5.41, 5.74) is 5.20. The molecule has 0 saturated heterocycles. The second kappa shape index (κ2) is 8.96. The molecule has 0 unspecified atom stereocenters. The van der Waals surface area contributed by atoms with Gasteiger partial charge in [-0.2, -0.15) is 0 Å². The van der Waals surface area contributed by atoms with Crippen molar-refractivity contribution in [1.82, 2.24) is 14.5 Å². The maximum absolute atomic E-state index is 5.38. The van der Waals surface area contributed by atoms with Gasteiger partial charge in [0.15, 0.2) is 0 Å². The van der Waals surface area contributed by atoms with Gasteiger partial charge < -0.3 is 0 Å². The van der Waals surface area contributed by atoms with Crippen LogP contribution in [-0.4, -0.2) is 14.5 Å². The molecule has 0 spiro atoms. The van der Waals surface area contributed by atoms with Crippen LogP contribution in [0.3, 0.4) is 0 Å². The van der Waals surface area contributed by atoms with Crippen LogP contribution in [0.5, 0.6) is 0 Å². The Kier molecular flexibility index (Phi) is 4.87. The number of fused-ring (bicyclic) bond motifs is 10. The van der Waals surface area contributed by atoms with Crippen molar-refractivity contribution in [2.24, 2.45) is 0 Å². The zero-order valence-corrected chi connectivity index (χ0v) is 24.3. The topological polar surface area (TPSA) is 30.7 Å². The summed E-state index contributed by atoms with van der Waals surface area (Å²) < 4.78 is 4.91. The Morgan fingerprint density at radius 1 is 0.455 bits per heavy atom. The van der Waals surface area contributed by atoms with E-state index in [1.807, 2.05) is 11.3 Å². The molecule has 0 bridgehead atoms. The zero-order valence-electron chi connectivity index (χ0n) is 23.5. The van der Waals surface area contributed by atoms with Crippen LogP contribution in [0.2, 0.25) is 0 Å². The highest BCUT2D eigenvalue weighted by atomic mass is 32.1. The van der Waals surface area contributed by atoms with Gasteiger partial charge in [0.2, 0.25) is 5.95 Å². The molecule has 0 aliphatic heterocycles. The number of hydrogen-bond acceptors (Lipinski definition) is 3. The molecule has 10 rings (SSSR count). The fraction of sp³-hybridized carbons (Fsp3) is 0. The molecule has 3 nitrogen and oxygen atoms in total. The lowest BCUT2D eigenvalue weighted by molar-refractivity contribution is 1.01. The highest BCUT2D eigenvalue weighted by Gasteiger charge is 2.19. The van der Waals surface area contributed by atoms with E-state index in [1.54, 1.807) is 0 Å². The molecule has 0 amide bonds.